The topological polar surface area (TPSA) is 44.4 Å². The van der Waals surface area contributed by atoms with Gasteiger partial charge in [-0.2, -0.15) is 0 Å². The number of piperidine rings is 3. The van der Waals surface area contributed by atoms with Gasteiger partial charge in [-0.3, -0.25) is 9.69 Å². The van der Waals surface area contributed by atoms with Crippen LogP contribution >= 0.6 is 0 Å². The number of hydrogen-bond acceptors (Lipinski definition) is 3. The molecule has 0 aliphatic carbocycles. The molecule has 3 saturated heterocycles. The third kappa shape index (κ3) is 2.16. The van der Waals surface area contributed by atoms with Gasteiger partial charge in [0.1, 0.15) is 0 Å². The largest absolute Gasteiger partial charge is 0.355 e. The molecule has 4 nitrogen and oxygen atoms in total. The summed E-state index contributed by atoms with van der Waals surface area (Å²) in [7, 11) is 2.07. The minimum atomic E-state index is 0.159. The predicted octanol–water partition coefficient (Wildman–Crippen LogP) is 0.870. The fourth-order valence-corrected chi connectivity index (χ4v) is 4.20. The van der Waals surface area contributed by atoms with Crippen LogP contribution in [0.5, 0.6) is 0 Å². The maximum Gasteiger partial charge on any atom is 0.237 e. The molecule has 1 amide bonds. The number of carbonyl (C=O) groups is 1. The van der Waals surface area contributed by atoms with E-state index in [2.05, 4.69) is 22.6 Å². The summed E-state index contributed by atoms with van der Waals surface area (Å²) in [6.07, 6.45) is 8.53. The standard InChI is InChI=1S/C14H25N3O/c1-15-10-8-11-4-2-5-12(9-10)17(11)13-6-3-7-16-14(13)18/h10-13,15H,2-9H2,1H3,(H,16,18). The Labute approximate surface area is 109 Å². The Balaban J connectivity index is 1.76. The van der Waals surface area contributed by atoms with Crippen molar-refractivity contribution < 1.29 is 4.79 Å². The van der Waals surface area contributed by atoms with Gasteiger partial charge in [-0.1, -0.05) is 6.42 Å². The van der Waals surface area contributed by atoms with Gasteiger partial charge in [-0.15, -0.1) is 0 Å². The van der Waals surface area contributed by atoms with Crippen molar-refractivity contribution in [3.05, 3.63) is 0 Å². The smallest absolute Gasteiger partial charge is 0.237 e. The highest BCUT2D eigenvalue weighted by Gasteiger charge is 2.43. The Kier molecular flexibility index (Phi) is 3.57. The predicted molar refractivity (Wildman–Crippen MR) is 71.4 cm³/mol. The highest BCUT2D eigenvalue weighted by molar-refractivity contribution is 5.82. The minimum Gasteiger partial charge on any atom is -0.355 e. The number of carbonyl (C=O) groups excluding carboxylic acids is 1. The number of nitrogens with zero attached hydrogens (tertiary/aromatic N) is 1. The van der Waals surface area contributed by atoms with Crippen molar-refractivity contribution >= 4 is 5.91 Å². The van der Waals surface area contributed by atoms with Crippen LogP contribution in [0.3, 0.4) is 0 Å². The number of rotatable bonds is 2. The Morgan fingerprint density at radius 2 is 1.89 bits per heavy atom. The van der Waals surface area contributed by atoms with Crippen LogP contribution in [0.1, 0.15) is 44.9 Å². The first-order chi connectivity index (χ1) is 8.79. The van der Waals surface area contributed by atoms with Crippen LogP contribution in [0.15, 0.2) is 0 Å². The highest BCUT2D eigenvalue weighted by Crippen LogP contribution is 2.36. The van der Waals surface area contributed by atoms with E-state index < -0.39 is 0 Å². The summed E-state index contributed by atoms with van der Waals surface area (Å²) in [6.45, 7) is 0.873. The maximum absolute atomic E-state index is 12.1. The van der Waals surface area contributed by atoms with Crippen molar-refractivity contribution in [2.45, 2.75) is 69.1 Å². The molecule has 18 heavy (non-hydrogen) atoms. The van der Waals surface area contributed by atoms with E-state index in [0.29, 0.717) is 18.1 Å². The molecule has 102 valence electrons. The van der Waals surface area contributed by atoms with Crippen LogP contribution in [0, 0.1) is 0 Å². The molecule has 0 spiro atoms. The summed E-state index contributed by atoms with van der Waals surface area (Å²) in [5.74, 6) is 0.279. The van der Waals surface area contributed by atoms with Crippen LogP contribution in [0.25, 0.3) is 0 Å². The van der Waals surface area contributed by atoms with E-state index in [4.69, 9.17) is 0 Å². The van der Waals surface area contributed by atoms with E-state index in [1.807, 2.05) is 0 Å². The Morgan fingerprint density at radius 1 is 1.17 bits per heavy atom. The number of fused-ring (bicyclic) bond motifs is 2. The lowest BCUT2D eigenvalue weighted by molar-refractivity contribution is -0.134. The van der Waals surface area contributed by atoms with Crippen molar-refractivity contribution in [2.24, 2.45) is 0 Å². The van der Waals surface area contributed by atoms with Gasteiger partial charge >= 0.3 is 0 Å². The van der Waals surface area contributed by atoms with Gasteiger partial charge in [0.15, 0.2) is 0 Å². The van der Waals surface area contributed by atoms with E-state index in [1.165, 1.54) is 32.1 Å². The summed E-state index contributed by atoms with van der Waals surface area (Å²) in [5, 5.41) is 6.49. The van der Waals surface area contributed by atoms with Gasteiger partial charge in [0.25, 0.3) is 0 Å². The van der Waals surface area contributed by atoms with Crippen LogP contribution < -0.4 is 10.6 Å². The van der Waals surface area contributed by atoms with Gasteiger partial charge < -0.3 is 10.6 Å². The van der Waals surface area contributed by atoms with Gasteiger partial charge in [0.2, 0.25) is 5.91 Å². The van der Waals surface area contributed by atoms with E-state index in [9.17, 15) is 4.79 Å². The van der Waals surface area contributed by atoms with Crippen LogP contribution in [0.2, 0.25) is 0 Å². The second-order valence-corrected chi connectivity index (χ2v) is 6.09. The maximum atomic E-state index is 12.1. The summed E-state index contributed by atoms with van der Waals surface area (Å²) in [6, 6.07) is 2.07. The van der Waals surface area contributed by atoms with Crippen molar-refractivity contribution in [1.82, 2.24) is 15.5 Å². The van der Waals surface area contributed by atoms with Gasteiger partial charge in [-0.25, -0.2) is 0 Å². The fourth-order valence-electron chi connectivity index (χ4n) is 4.20. The molecular formula is C14H25N3O. The molecule has 4 heteroatoms. The lowest BCUT2D eigenvalue weighted by Gasteiger charge is -2.52. The Morgan fingerprint density at radius 3 is 2.50 bits per heavy atom. The average Bonchev–Trinajstić information content (AvgIpc) is 2.38. The summed E-state index contributed by atoms with van der Waals surface area (Å²) < 4.78 is 0. The number of hydrogen-bond donors (Lipinski definition) is 2. The highest BCUT2D eigenvalue weighted by atomic mass is 16.2. The summed E-state index contributed by atoms with van der Waals surface area (Å²) >= 11 is 0. The molecule has 0 aromatic carbocycles. The van der Waals surface area contributed by atoms with Crippen molar-refractivity contribution in [1.29, 1.82) is 0 Å². The first kappa shape index (κ1) is 12.4. The zero-order chi connectivity index (χ0) is 12.5. The zero-order valence-electron chi connectivity index (χ0n) is 11.3. The van der Waals surface area contributed by atoms with Crippen molar-refractivity contribution in [3.8, 4) is 0 Å². The van der Waals surface area contributed by atoms with E-state index in [0.717, 1.165) is 19.4 Å². The molecule has 3 aliphatic heterocycles. The molecule has 3 fully saturated rings. The quantitative estimate of drug-likeness (QED) is 0.765. The van der Waals surface area contributed by atoms with E-state index >= 15 is 0 Å². The normalized spacial score (nSPS) is 41.5. The van der Waals surface area contributed by atoms with Crippen LogP contribution in [-0.4, -0.2) is 48.6 Å². The molecule has 0 aromatic heterocycles. The van der Waals surface area contributed by atoms with Gasteiger partial charge in [-0.05, 0) is 45.6 Å². The molecule has 0 saturated carbocycles. The number of amides is 1. The third-order valence-corrected chi connectivity index (χ3v) is 5.06. The fraction of sp³-hybridized carbons (Fsp3) is 0.929. The monoisotopic (exact) mass is 251 g/mol. The van der Waals surface area contributed by atoms with E-state index in [-0.39, 0.29) is 11.9 Å². The zero-order valence-corrected chi connectivity index (χ0v) is 11.3. The average molecular weight is 251 g/mol. The molecular weight excluding hydrogens is 226 g/mol. The van der Waals surface area contributed by atoms with Gasteiger partial charge in [0, 0.05) is 24.7 Å². The second kappa shape index (κ2) is 5.17. The van der Waals surface area contributed by atoms with Gasteiger partial charge in [0.05, 0.1) is 6.04 Å². The molecule has 2 N–H and O–H groups in total. The molecule has 3 aliphatic rings. The second-order valence-electron chi connectivity index (χ2n) is 6.09. The molecule has 2 bridgehead atoms. The first-order valence-electron chi connectivity index (χ1n) is 7.52. The molecule has 3 rings (SSSR count). The Bertz CT molecular complexity index is 306. The third-order valence-electron chi connectivity index (χ3n) is 5.06. The molecule has 0 radical (unpaired) electrons. The summed E-state index contributed by atoms with van der Waals surface area (Å²) in [5.41, 5.74) is 0. The SMILES string of the molecule is CNC1CC2CCCC(C1)N2C1CCCNC1=O. The molecule has 3 heterocycles. The minimum absolute atomic E-state index is 0.159. The van der Waals surface area contributed by atoms with E-state index in [1.54, 1.807) is 0 Å². The lowest BCUT2D eigenvalue weighted by atomic mass is 9.80. The Hall–Kier alpha value is -0.610. The lowest BCUT2D eigenvalue weighted by Crippen LogP contribution is -2.63. The van der Waals surface area contributed by atoms with Crippen LogP contribution in [0.4, 0.5) is 0 Å². The molecule has 3 unspecified atom stereocenters. The molecule has 0 aromatic rings. The number of nitrogens with one attached hydrogen (secondary N) is 2. The molecule has 3 atom stereocenters. The summed E-state index contributed by atoms with van der Waals surface area (Å²) in [4.78, 5) is 14.7. The van der Waals surface area contributed by atoms with Crippen LogP contribution in [-0.2, 0) is 4.79 Å². The van der Waals surface area contributed by atoms with Crippen molar-refractivity contribution in [3.63, 3.8) is 0 Å². The van der Waals surface area contributed by atoms with Crippen molar-refractivity contribution in [2.75, 3.05) is 13.6 Å². The first-order valence-corrected chi connectivity index (χ1v) is 7.52.